The van der Waals surface area contributed by atoms with Gasteiger partial charge in [-0.25, -0.2) is 4.79 Å². The fraction of sp³-hybridized carbons (Fsp3) is 0.231. The Morgan fingerprint density at radius 2 is 1.42 bits per heavy atom. The van der Waals surface area contributed by atoms with Crippen LogP contribution in [0.1, 0.15) is 28.4 Å². The van der Waals surface area contributed by atoms with Crippen molar-refractivity contribution in [2.24, 2.45) is 0 Å². The van der Waals surface area contributed by atoms with Crippen LogP contribution in [0.4, 0.5) is 0 Å². The number of amides is 1. The van der Waals surface area contributed by atoms with Gasteiger partial charge in [0.15, 0.2) is 17.5 Å². The summed E-state index contributed by atoms with van der Waals surface area (Å²) in [6.45, 7) is 1.89. The molecule has 3 aromatic carbocycles. The van der Waals surface area contributed by atoms with Crippen molar-refractivity contribution in [1.29, 1.82) is 0 Å². The minimum Gasteiger partial charge on any atom is -0.485 e. The van der Waals surface area contributed by atoms with Gasteiger partial charge in [-0.05, 0) is 30.2 Å². The SMILES string of the molecule is COC(=O)[C@@H](NC(=O)c1cccc(OCc2ccccc2)c1OCc1ccccc1)[C@@H](C)O. The van der Waals surface area contributed by atoms with E-state index >= 15 is 0 Å². The Labute approximate surface area is 192 Å². The average Bonchev–Trinajstić information content (AvgIpc) is 2.85. The van der Waals surface area contributed by atoms with Gasteiger partial charge in [-0.3, -0.25) is 4.79 Å². The molecule has 7 nitrogen and oxygen atoms in total. The highest BCUT2D eigenvalue weighted by Gasteiger charge is 2.28. The topological polar surface area (TPSA) is 94.1 Å². The van der Waals surface area contributed by atoms with Crippen LogP contribution in [0, 0.1) is 0 Å². The van der Waals surface area contributed by atoms with Crippen molar-refractivity contribution >= 4 is 11.9 Å². The molecule has 0 saturated heterocycles. The Morgan fingerprint density at radius 1 is 0.848 bits per heavy atom. The molecule has 0 aromatic heterocycles. The Balaban J connectivity index is 1.88. The molecule has 0 bridgehead atoms. The molecule has 0 unspecified atom stereocenters. The zero-order chi connectivity index (χ0) is 23.6. The molecular weight excluding hydrogens is 422 g/mol. The first-order valence-electron chi connectivity index (χ1n) is 10.5. The maximum atomic E-state index is 13.1. The van der Waals surface area contributed by atoms with Crippen molar-refractivity contribution in [3.05, 3.63) is 95.6 Å². The zero-order valence-electron chi connectivity index (χ0n) is 18.6. The lowest BCUT2D eigenvalue weighted by molar-refractivity contribution is -0.145. The first kappa shape index (κ1) is 23.8. The van der Waals surface area contributed by atoms with E-state index in [1.807, 2.05) is 60.7 Å². The van der Waals surface area contributed by atoms with Crippen molar-refractivity contribution < 1.29 is 28.9 Å². The second kappa shape index (κ2) is 11.7. The van der Waals surface area contributed by atoms with Gasteiger partial charge in [-0.1, -0.05) is 66.7 Å². The van der Waals surface area contributed by atoms with Crippen molar-refractivity contribution in [3.63, 3.8) is 0 Å². The summed E-state index contributed by atoms with van der Waals surface area (Å²) in [5, 5.41) is 12.4. The second-order valence-electron chi connectivity index (χ2n) is 7.40. The average molecular weight is 450 g/mol. The van der Waals surface area contributed by atoms with E-state index in [-0.39, 0.29) is 24.5 Å². The lowest BCUT2D eigenvalue weighted by Gasteiger charge is -2.21. The third-order valence-corrected chi connectivity index (χ3v) is 4.91. The number of esters is 1. The zero-order valence-corrected chi connectivity index (χ0v) is 18.6. The number of rotatable bonds is 10. The molecule has 7 heteroatoms. The van der Waals surface area contributed by atoms with Crippen LogP contribution >= 0.6 is 0 Å². The summed E-state index contributed by atoms with van der Waals surface area (Å²) in [5.41, 5.74) is 2.05. The fourth-order valence-electron chi connectivity index (χ4n) is 3.14. The molecule has 0 aliphatic heterocycles. The number of benzene rings is 3. The summed E-state index contributed by atoms with van der Waals surface area (Å²) in [5.74, 6) is -0.723. The third kappa shape index (κ3) is 6.57. The number of aliphatic hydroxyl groups is 1. The summed E-state index contributed by atoms with van der Waals surface area (Å²) in [6, 6.07) is 22.9. The third-order valence-electron chi connectivity index (χ3n) is 4.91. The van der Waals surface area contributed by atoms with Crippen LogP contribution in [0.25, 0.3) is 0 Å². The Morgan fingerprint density at radius 3 is 1.97 bits per heavy atom. The van der Waals surface area contributed by atoms with E-state index in [9.17, 15) is 14.7 Å². The van der Waals surface area contributed by atoms with E-state index in [0.717, 1.165) is 11.1 Å². The lowest BCUT2D eigenvalue weighted by atomic mass is 10.1. The molecule has 172 valence electrons. The smallest absolute Gasteiger partial charge is 0.331 e. The van der Waals surface area contributed by atoms with Crippen LogP contribution < -0.4 is 14.8 Å². The Hall–Kier alpha value is -3.84. The van der Waals surface area contributed by atoms with E-state index < -0.39 is 24.0 Å². The summed E-state index contributed by atoms with van der Waals surface area (Å²) < 4.78 is 16.7. The normalized spacial score (nSPS) is 12.3. The van der Waals surface area contributed by atoms with Gasteiger partial charge < -0.3 is 24.6 Å². The van der Waals surface area contributed by atoms with Crippen molar-refractivity contribution in [2.75, 3.05) is 7.11 Å². The number of carbonyl (C=O) groups is 2. The van der Waals surface area contributed by atoms with Crippen LogP contribution in [0.2, 0.25) is 0 Å². The lowest BCUT2D eigenvalue weighted by Crippen LogP contribution is -2.48. The molecule has 0 aliphatic carbocycles. The molecule has 3 aromatic rings. The van der Waals surface area contributed by atoms with E-state index in [1.165, 1.54) is 14.0 Å². The molecule has 3 rings (SSSR count). The molecule has 0 radical (unpaired) electrons. The highest BCUT2D eigenvalue weighted by atomic mass is 16.5. The number of para-hydroxylation sites is 1. The minimum absolute atomic E-state index is 0.172. The summed E-state index contributed by atoms with van der Waals surface area (Å²) in [7, 11) is 1.19. The van der Waals surface area contributed by atoms with Gasteiger partial charge in [-0.2, -0.15) is 0 Å². The predicted molar refractivity (Wildman–Crippen MR) is 123 cm³/mol. The molecule has 2 atom stereocenters. The fourth-order valence-corrected chi connectivity index (χ4v) is 3.14. The number of hydrogen-bond donors (Lipinski definition) is 2. The number of ether oxygens (including phenoxy) is 3. The monoisotopic (exact) mass is 449 g/mol. The maximum Gasteiger partial charge on any atom is 0.331 e. The van der Waals surface area contributed by atoms with Gasteiger partial charge in [0.2, 0.25) is 0 Å². The van der Waals surface area contributed by atoms with Crippen LogP contribution in [0.3, 0.4) is 0 Å². The first-order chi connectivity index (χ1) is 16.0. The number of aliphatic hydroxyl groups excluding tert-OH is 1. The van der Waals surface area contributed by atoms with Crippen molar-refractivity contribution in [1.82, 2.24) is 5.32 Å². The molecule has 0 heterocycles. The van der Waals surface area contributed by atoms with Crippen LogP contribution in [0.5, 0.6) is 11.5 Å². The first-order valence-corrected chi connectivity index (χ1v) is 10.5. The van der Waals surface area contributed by atoms with Crippen LogP contribution in [-0.4, -0.2) is 36.2 Å². The summed E-state index contributed by atoms with van der Waals surface area (Å²) >= 11 is 0. The number of methoxy groups -OCH3 is 1. The molecule has 33 heavy (non-hydrogen) atoms. The molecule has 0 spiro atoms. The van der Waals surface area contributed by atoms with E-state index in [1.54, 1.807) is 18.2 Å². The minimum atomic E-state index is -1.22. The van der Waals surface area contributed by atoms with Crippen molar-refractivity contribution in [3.8, 4) is 11.5 Å². The van der Waals surface area contributed by atoms with E-state index in [2.05, 4.69) is 10.1 Å². The Bertz CT molecular complexity index is 1050. The number of carbonyl (C=O) groups excluding carboxylic acids is 2. The van der Waals surface area contributed by atoms with Crippen LogP contribution in [0.15, 0.2) is 78.9 Å². The van der Waals surface area contributed by atoms with E-state index in [4.69, 9.17) is 9.47 Å². The molecule has 0 fully saturated rings. The largest absolute Gasteiger partial charge is 0.485 e. The second-order valence-corrected chi connectivity index (χ2v) is 7.40. The molecule has 1 amide bonds. The highest BCUT2D eigenvalue weighted by Crippen LogP contribution is 2.33. The van der Waals surface area contributed by atoms with Gasteiger partial charge >= 0.3 is 5.97 Å². The number of hydrogen-bond acceptors (Lipinski definition) is 6. The highest BCUT2D eigenvalue weighted by molar-refractivity contribution is 6.00. The summed E-state index contributed by atoms with van der Waals surface area (Å²) in [6.07, 6.45) is -1.15. The quantitative estimate of drug-likeness (QED) is 0.460. The van der Waals surface area contributed by atoms with Gasteiger partial charge in [0.25, 0.3) is 5.91 Å². The predicted octanol–water partition coefficient (Wildman–Crippen LogP) is 3.50. The summed E-state index contributed by atoms with van der Waals surface area (Å²) in [4.78, 5) is 25.1. The van der Waals surface area contributed by atoms with Gasteiger partial charge in [0, 0.05) is 0 Å². The molecular formula is C26H27NO6. The molecule has 2 N–H and O–H groups in total. The van der Waals surface area contributed by atoms with Gasteiger partial charge in [0.1, 0.15) is 13.2 Å². The Kier molecular flexibility index (Phi) is 8.43. The number of nitrogens with one attached hydrogen (secondary N) is 1. The van der Waals surface area contributed by atoms with Gasteiger partial charge in [-0.15, -0.1) is 0 Å². The van der Waals surface area contributed by atoms with Gasteiger partial charge in [0.05, 0.1) is 18.8 Å². The standard InChI is InChI=1S/C26H27NO6/c1-18(28)23(26(30)31-2)27-25(29)21-14-9-15-22(32-16-19-10-5-3-6-11-19)24(21)33-17-20-12-7-4-8-13-20/h3-15,18,23,28H,16-17H2,1-2H3,(H,27,29)/t18-,23+/m1/s1. The van der Waals surface area contributed by atoms with Crippen LogP contribution in [-0.2, 0) is 22.7 Å². The molecule has 0 aliphatic rings. The van der Waals surface area contributed by atoms with Crippen molar-refractivity contribution in [2.45, 2.75) is 32.3 Å². The molecule has 0 saturated carbocycles. The maximum absolute atomic E-state index is 13.1. The van der Waals surface area contributed by atoms with E-state index in [0.29, 0.717) is 5.75 Å².